The van der Waals surface area contributed by atoms with Crippen LogP contribution in [0.2, 0.25) is 0 Å². The molecule has 1 aromatic carbocycles. The van der Waals surface area contributed by atoms with Gasteiger partial charge in [0, 0.05) is 11.6 Å². The van der Waals surface area contributed by atoms with Crippen LogP contribution in [-0.2, 0) is 9.53 Å². The minimum atomic E-state index is -0.436. The highest BCUT2D eigenvalue weighted by Gasteiger charge is 2.32. The fourth-order valence-electron chi connectivity index (χ4n) is 2.10. The summed E-state index contributed by atoms with van der Waals surface area (Å²) in [5, 5.41) is 0. The molecule has 0 aliphatic carbocycles. The van der Waals surface area contributed by atoms with Gasteiger partial charge in [-0.25, -0.2) is 0 Å². The summed E-state index contributed by atoms with van der Waals surface area (Å²) >= 11 is 0. The third-order valence-corrected chi connectivity index (χ3v) is 3.08. The predicted molar refractivity (Wildman–Crippen MR) is 70.3 cm³/mol. The van der Waals surface area contributed by atoms with Crippen LogP contribution < -0.4 is 10.5 Å². The van der Waals surface area contributed by atoms with Gasteiger partial charge in [-0.1, -0.05) is 32.0 Å². The summed E-state index contributed by atoms with van der Waals surface area (Å²) in [5.74, 6) is 0.117. The third-order valence-electron chi connectivity index (χ3n) is 3.08. The number of rotatable bonds is 5. The molecule has 0 bridgehead atoms. The summed E-state index contributed by atoms with van der Waals surface area (Å²) in [6, 6.07) is 7.03. The number of esters is 1. The van der Waals surface area contributed by atoms with Crippen LogP contribution in [0.15, 0.2) is 24.3 Å². The van der Waals surface area contributed by atoms with Crippen molar-refractivity contribution < 1.29 is 14.3 Å². The summed E-state index contributed by atoms with van der Waals surface area (Å²) in [4.78, 5) is 11.8. The first-order chi connectivity index (χ1) is 8.52. The molecule has 0 aliphatic heterocycles. The molecule has 2 unspecified atom stereocenters. The van der Waals surface area contributed by atoms with Gasteiger partial charge in [-0.3, -0.25) is 4.79 Å². The maximum Gasteiger partial charge on any atom is 0.310 e. The number of carbonyl (C=O) groups excluding carboxylic acids is 1. The minimum Gasteiger partial charge on any atom is -0.496 e. The Bertz CT molecular complexity index is 404. The molecule has 0 aromatic heterocycles. The van der Waals surface area contributed by atoms with Gasteiger partial charge >= 0.3 is 5.97 Å². The van der Waals surface area contributed by atoms with Crippen molar-refractivity contribution in [3.8, 4) is 5.75 Å². The van der Waals surface area contributed by atoms with Crippen molar-refractivity contribution in [2.75, 3.05) is 14.2 Å². The maximum atomic E-state index is 11.8. The first kappa shape index (κ1) is 14.5. The average molecular weight is 251 g/mol. The number of ether oxygens (including phenoxy) is 2. The fraction of sp³-hybridized carbons (Fsp3) is 0.500. The van der Waals surface area contributed by atoms with Crippen LogP contribution in [0, 0.1) is 11.8 Å². The molecule has 0 saturated carbocycles. The first-order valence-electron chi connectivity index (χ1n) is 5.99. The number of methoxy groups -OCH3 is 2. The zero-order chi connectivity index (χ0) is 13.7. The standard InChI is InChI=1S/C14H21NO3/c1-9(2)12(14(16)18-4)13(15)10-7-5-6-8-11(10)17-3/h5-9,12-13H,15H2,1-4H3. The van der Waals surface area contributed by atoms with Crippen LogP contribution >= 0.6 is 0 Å². The van der Waals surface area contributed by atoms with Gasteiger partial charge < -0.3 is 15.2 Å². The van der Waals surface area contributed by atoms with Gasteiger partial charge in [0.2, 0.25) is 0 Å². The molecule has 0 fully saturated rings. The highest BCUT2D eigenvalue weighted by Crippen LogP contribution is 2.32. The van der Waals surface area contributed by atoms with Crippen molar-refractivity contribution in [3.05, 3.63) is 29.8 Å². The van der Waals surface area contributed by atoms with E-state index in [2.05, 4.69) is 0 Å². The number of benzene rings is 1. The second-order valence-corrected chi connectivity index (χ2v) is 4.56. The van der Waals surface area contributed by atoms with Crippen molar-refractivity contribution in [1.82, 2.24) is 0 Å². The van der Waals surface area contributed by atoms with Crippen molar-refractivity contribution in [3.63, 3.8) is 0 Å². The van der Waals surface area contributed by atoms with Crippen molar-refractivity contribution in [2.45, 2.75) is 19.9 Å². The Balaban J connectivity index is 3.09. The lowest BCUT2D eigenvalue weighted by molar-refractivity contribution is -0.147. The molecule has 2 atom stereocenters. The van der Waals surface area contributed by atoms with Gasteiger partial charge in [0.15, 0.2) is 0 Å². The summed E-state index contributed by atoms with van der Waals surface area (Å²) in [7, 11) is 2.97. The van der Waals surface area contributed by atoms with Gasteiger partial charge in [-0.15, -0.1) is 0 Å². The minimum absolute atomic E-state index is 0.0948. The van der Waals surface area contributed by atoms with E-state index in [1.165, 1.54) is 7.11 Å². The van der Waals surface area contributed by atoms with Crippen LogP contribution in [0.4, 0.5) is 0 Å². The van der Waals surface area contributed by atoms with Crippen LogP contribution in [0.5, 0.6) is 5.75 Å². The van der Waals surface area contributed by atoms with E-state index in [0.717, 1.165) is 5.56 Å². The Kier molecular flexibility index (Phi) is 5.16. The van der Waals surface area contributed by atoms with Gasteiger partial charge in [0.05, 0.1) is 20.1 Å². The normalized spacial score (nSPS) is 14.1. The largest absolute Gasteiger partial charge is 0.496 e. The zero-order valence-corrected chi connectivity index (χ0v) is 11.3. The van der Waals surface area contributed by atoms with Gasteiger partial charge in [-0.05, 0) is 12.0 Å². The summed E-state index contributed by atoms with van der Waals surface area (Å²) in [6.45, 7) is 3.91. The molecular weight excluding hydrogens is 230 g/mol. The fourth-order valence-corrected chi connectivity index (χ4v) is 2.10. The van der Waals surface area contributed by atoms with E-state index in [1.54, 1.807) is 7.11 Å². The highest BCUT2D eigenvalue weighted by molar-refractivity contribution is 5.74. The second kappa shape index (κ2) is 6.40. The molecule has 1 aromatic rings. The zero-order valence-electron chi connectivity index (χ0n) is 11.3. The molecule has 100 valence electrons. The van der Waals surface area contributed by atoms with E-state index in [0.29, 0.717) is 5.75 Å². The predicted octanol–water partition coefficient (Wildman–Crippen LogP) is 2.14. The van der Waals surface area contributed by atoms with E-state index in [-0.39, 0.29) is 17.8 Å². The Labute approximate surface area is 108 Å². The quantitative estimate of drug-likeness (QED) is 0.814. The van der Waals surface area contributed by atoms with Crippen molar-refractivity contribution in [2.24, 2.45) is 17.6 Å². The summed E-state index contributed by atoms with van der Waals surface area (Å²) < 4.78 is 10.1. The first-order valence-corrected chi connectivity index (χ1v) is 5.99. The molecule has 0 amide bonds. The van der Waals surface area contributed by atoms with Gasteiger partial charge in [-0.2, -0.15) is 0 Å². The van der Waals surface area contributed by atoms with Gasteiger partial charge in [0.25, 0.3) is 0 Å². The molecule has 0 spiro atoms. The van der Waals surface area contributed by atoms with Crippen molar-refractivity contribution in [1.29, 1.82) is 0 Å². The lowest BCUT2D eigenvalue weighted by Crippen LogP contribution is -2.33. The second-order valence-electron chi connectivity index (χ2n) is 4.56. The van der Waals surface area contributed by atoms with Crippen LogP contribution in [0.25, 0.3) is 0 Å². The Hall–Kier alpha value is -1.55. The SMILES string of the molecule is COC(=O)C(C(C)C)C(N)c1ccccc1OC. The smallest absolute Gasteiger partial charge is 0.310 e. The lowest BCUT2D eigenvalue weighted by atomic mass is 9.85. The van der Waals surface area contributed by atoms with E-state index < -0.39 is 6.04 Å². The molecule has 0 saturated heterocycles. The Morgan fingerprint density at radius 2 is 1.83 bits per heavy atom. The van der Waals surface area contributed by atoms with E-state index in [1.807, 2.05) is 38.1 Å². The molecule has 4 nitrogen and oxygen atoms in total. The van der Waals surface area contributed by atoms with Crippen LogP contribution in [0.3, 0.4) is 0 Å². The summed E-state index contributed by atoms with van der Waals surface area (Å²) in [6.07, 6.45) is 0. The average Bonchev–Trinajstić information content (AvgIpc) is 2.37. The monoisotopic (exact) mass is 251 g/mol. The Morgan fingerprint density at radius 3 is 2.33 bits per heavy atom. The molecular formula is C14H21NO3. The Morgan fingerprint density at radius 1 is 1.22 bits per heavy atom. The lowest BCUT2D eigenvalue weighted by Gasteiger charge is -2.26. The van der Waals surface area contributed by atoms with Crippen LogP contribution in [0.1, 0.15) is 25.5 Å². The molecule has 0 aliphatic rings. The molecule has 18 heavy (non-hydrogen) atoms. The molecule has 2 N–H and O–H groups in total. The van der Waals surface area contributed by atoms with Crippen molar-refractivity contribution >= 4 is 5.97 Å². The molecule has 1 rings (SSSR count). The molecule has 0 radical (unpaired) electrons. The van der Waals surface area contributed by atoms with E-state index >= 15 is 0 Å². The number of carbonyl (C=O) groups is 1. The number of hydrogen-bond acceptors (Lipinski definition) is 4. The molecule has 0 heterocycles. The highest BCUT2D eigenvalue weighted by atomic mass is 16.5. The van der Waals surface area contributed by atoms with E-state index in [4.69, 9.17) is 15.2 Å². The number of hydrogen-bond donors (Lipinski definition) is 1. The number of nitrogens with two attached hydrogens (primary N) is 1. The maximum absolute atomic E-state index is 11.8. The summed E-state index contributed by atoms with van der Waals surface area (Å²) in [5.41, 5.74) is 7.04. The third kappa shape index (κ3) is 3.01. The topological polar surface area (TPSA) is 61.5 Å². The van der Waals surface area contributed by atoms with E-state index in [9.17, 15) is 4.79 Å². The van der Waals surface area contributed by atoms with Crippen LogP contribution in [-0.4, -0.2) is 20.2 Å². The van der Waals surface area contributed by atoms with Gasteiger partial charge in [0.1, 0.15) is 5.75 Å². The molecule has 4 heteroatoms. The number of para-hydroxylation sites is 1.